The van der Waals surface area contributed by atoms with Gasteiger partial charge in [-0.15, -0.1) is 0 Å². The van der Waals surface area contributed by atoms with Gasteiger partial charge in [0.2, 0.25) is 17.7 Å². The number of rotatable bonds is 14. The standard InChI is InChI=1S/C37H41N3O7/c1-37(2,3)47-46-34(43)23-32(39-33(42)21-18-25-10-5-4-6-11-25)36(45)40-31(22-26-16-19-29(41)20-17-26)35(44)38-24-28-14-9-13-27-12-7-8-15-30(27)28/h4-17,19-20,31-32,41H,18,21-24H2,1-3H3,(H,38,44)(H,39,42)(H,40,45)/t31-,32-/m0/s1. The maximum atomic E-state index is 13.7. The highest BCUT2D eigenvalue weighted by molar-refractivity contribution is 5.94. The molecule has 4 aromatic rings. The minimum atomic E-state index is -1.34. The fourth-order valence-corrected chi connectivity index (χ4v) is 4.85. The molecule has 47 heavy (non-hydrogen) atoms. The molecule has 0 aliphatic rings. The molecule has 0 unspecified atom stereocenters. The first kappa shape index (κ1) is 34.6. The molecule has 246 valence electrons. The van der Waals surface area contributed by atoms with Gasteiger partial charge in [0.25, 0.3) is 0 Å². The van der Waals surface area contributed by atoms with Crippen molar-refractivity contribution in [3.8, 4) is 5.75 Å². The van der Waals surface area contributed by atoms with E-state index in [1.807, 2.05) is 72.8 Å². The van der Waals surface area contributed by atoms with Gasteiger partial charge in [-0.1, -0.05) is 84.9 Å². The molecule has 0 aromatic heterocycles. The van der Waals surface area contributed by atoms with Gasteiger partial charge < -0.3 is 21.1 Å². The number of aromatic hydroxyl groups is 1. The Hall–Kier alpha value is -5.22. The minimum Gasteiger partial charge on any atom is -0.508 e. The molecule has 3 amide bonds. The number of hydrogen-bond donors (Lipinski definition) is 4. The highest BCUT2D eigenvalue weighted by Gasteiger charge is 2.30. The molecule has 0 saturated carbocycles. The van der Waals surface area contributed by atoms with Crippen LogP contribution in [0.5, 0.6) is 5.75 Å². The molecular formula is C37H41N3O7. The average molecular weight is 640 g/mol. The zero-order chi connectivity index (χ0) is 33.8. The molecule has 0 saturated heterocycles. The SMILES string of the molecule is CC(C)(C)OOC(=O)C[C@H](NC(=O)CCc1ccccc1)C(=O)N[C@@H](Cc1ccc(O)cc1)C(=O)NCc1cccc2ccccc12. The molecule has 10 nitrogen and oxygen atoms in total. The third-order valence-corrected chi connectivity index (χ3v) is 7.23. The van der Waals surface area contributed by atoms with Crippen molar-refractivity contribution in [2.24, 2.45) is 0 Å². The van der Waals surface area contributed by atoms with Gasteiger partial charge in [0, 0.05) is 19.4 Å². The molecule has 4 rings (SSSR count). The first-order valence-corrected chi connectivity index (χ1v) is 15.5. The van der Waals surface area contributed by atoms with Crippen LogP contribution in [0.3, 0.4) is 0 Å². The van der Waals surface area contributed by atoms with Crippen molar-refractivity contribution >= 4 is 34.5 Å². The Morgan fingerprint density at radius 3 is 2.15 bits per heavy atom. The van der Waals surface area contributed by atoms with E-state index in [0.29, 0.717) is 12.0 Å². The van der Waals surface area contributed by atoms with Crippen LogP contribution in [0.4, 0.5) is 0 Å². The highest BCUT2D eigenvalue weighted by Crippen LogP contribution is 2.19. The third kappa shape index (κ3) is 11.3. The second-order valence-corrected chi connectivity index (χ2v) is 12.2. The lowest BCUT2D eigenvalue weighted by Crippen LogP contribution is -2.55. The second kappa shape index (κ2) is 16.4. The van der Waals surface area contributed by atoms with Crippen molar-refractivity contribution in [2.75, 3.05) is 0 Å². The third-order valence-electron chi connectivity index (χ3n) is 7.23. The predicted octanol–water partition coefficient (Wildman–Crippen LogP) is 4.67. The summed E-state index contributed by atoms with van der Waals surface area (Å²) in [5.41, 5.74) is 1.73. The summed E-state index contributed by atoms with van der Waals surface area (Å²) in [4.78, 5) is 63.0. The van der Waals surface area contributed by atoms with Gasteiger partial charge in [0.05, 0.1) is 6.42 Å². The number of nitrogens with one attached hydrogen (secondary N) is 3. The van der Waals surface area contributed by atoms with E-state index < -0.39 is 47.8 Å². The number of hydrogen-bond acceptors (Lipinski definition) is 7. The summed E-state index contributed by atoms with van der Waals surface area (Å²) in [6.45, 7) is 5.29. The quantitative estimate of drug-likeness (QED) is 0.116. The Kier molecular flexibility index (Phi) is 12.1. The monoisotopic (exact) mass is 639 g/mol. The zero-order valence-electron chi connectivity index (χ0n) is 26.8. The smallest absolute Gasteiger partial charge is 0.344 e. The first-order valence-electron chi connectivity index (χ1n) is 15.5. The summed E-state index contributed by atoms with van der Waals surface area (Å²) in [7, 11) is 0. The topological polar surface area (TPSA) is 143 Å². The van der Waals surface area contributed by atoms with Gasteiger partial charge in [-0.3, -0.25) is 19.3 Å². The first-order chi connectivity index (χ1) is 22.5. The molecule has 0 heterocycles. The van der Waals surface area contributed by atoms with E-state index in [1.54, 1.807) is 32.9 Å². The maximum absolute atomic E-state index is 13.7. The highest BCUT2D eigenvalue weighted by atomic mass is 17.2. The van der Waals surface area contributed by atoms with Crippen molar-refractivity contribution in [3.63, 3.8) is 0 Å². The number of aryl methyl sites for hydroxylation is 1. The molecule has 0 aliphatic heterocycles. The van der Waals surface area contributed by atoms with Crippen LogP contribution in [0, 0.1) is 0 Å². The molecule has 2 atom stereocenters. The lowest BCUT2D eigenvalue weighted by molar-refractivity contribution is -0.320. The van der Waals surface area contributed by atoms with Crippen molar-refractivity contribution < 1.29 is 34.1 Å². The molecule has 10 heteroatoms. The van der Waals surface area contributed by atoms with Gasteiger partial charge in [-0.2, -0.15) is 4.89 Å². The van der Waals surface area contributed by atoms with Crippen LogP contribution in [0.2, 0.25) is 0 Å². The number of fused-ring (bicyclic) bond motifs is 1. The van der Waals surface area contributed by atoms with Crippen LogP contribution < -0.4 is 16.0 Å². The van der Waals surface area contributed by atoms with Crippen molar-refractivity contribution in [1.82, 2.24) is 16.0 Å². The molecule has 4 aromatic carbocycles. The van der Waals surface area contributed by atoms with Crippen molar-refractivity contribution in [3.05, 3.63) is 114 Å². The van der Waals surface area contributed by atoms with Gasteiger partial charge >= 0.3 is 5.97 Å². The Labute approximate surface area is 274 Å². The molecule has 0 bridgehead atoms. The second-order valence-electron chi connectivity index (χ2n) is 12.2. The Morgan fingerprint density at radius 1 is 0.745 bits per heavy atom. The summed E-state index contributed by atoms with van der Waals surface area (Å²) in [5, 5.41) is 20.1. The van der Waals surface area contributed by atoms with Gasteiger partial charge in [-0.05, 0) is 66.8 Å². The fourth-order valence-electron chi connectivity index (χ4n) is 4.85. The van der Waals surface area contributed by atoms with Crippen LogP contribution in [-0.2, 0) is 48.3 Å². The van der Waals surface area contributed by atoms with E-state index in [2.05, 4.69) is 16.0 Å². The number of amides is 3. The minimum absolute atomic E-state index is 0.0593. The lowest BCUT2D eigenvalue weighted by atomic mass is 10.0. The van der Waals surface area contributed by atoms with E-state index in [9.17, 15) is 24.3 Å². The fraction of sp³-hybridized carbons (Fsp3) is 0.297. The largest absolute Gasteiger partial charge is 0.508 e. The van der Waals surface area contributed by atoms with E-state index >= 15 is 0 Å². The van der Waals surface area contributed by atoms with Gasteiger partial charge in [0.1, 0.15) is 23.4 Å². The maximum Gasteiger partial charge on any atom is 0.344 e. The van der Waals surface area contributed by atoms with E-state index in [0.717, 1.165) is 21.9 Å². The van der Waals surface area contributed by atoms with Crippen LogP contribution in [0.15, 0.2) is 97.1 Å². The summed E-state index contributed by atoms with van der Waals surface area (Å²) in [5.74, 6) is -2.46. The summed E-state index contributed by atoms with van der Waals surface area (Å²) in [6.07, 6.45) is 0.0601. The van der Waals surface area contributed by atoms with Crippen LogP contribution in [0.1, 0.15) is 50.3 Å². The molecular weight excluding hydrogens is 598 g/mol. The lowest BCUT2D eigenvalue weighted by Gasteiger charge is -2.24. The van der Waals surface area contributed by atoms with E-state index in [4.69, 9.17) is 9.78 Å². The number of carbonyl (C=O) groups excluding carboxylic acids is 4. The Morgan fingerprint density at radius 2 is 1.43 bits per heavy atom. The summed E-state index contributed by atoms with van der Waals surface area (Å²) < 4.78 is 0. The number of phenols is 1. The summed E-state index contributed by atoms with van der Waals surface area (Å²) in [6, 6.07) is 26.9. The number of phenolic OH excluding ortho intramolecular Hbond substituents is 1. The van der Waals surface area contributed by atoms with E-state index in [1.165, 1.54) is 12.1 Å². The van der Waals surface area contributed by atoms with Crippen molar-refractivity contribution in [2.45, 2.75) is 70.7 Å². The summed E-state index contributed by atoms with van der Waals surface area (Å²) >= 11 is 0. The molecule has 0 radical (unpaired) electrons. The Balaban J connectivity index is 1.50. The van der Waals surface area contributed by atoms with Crippen molar-refractivity contribution in [1.29, 1.82) is 0 Å². The van der Waals surface area contributed by atoms with E-state index in [-0.39, 0.29) is 25.1 Å². The molecule has 0 spiro atoms. The predicted molar refractivity (Wildman–Crippen MR) is 178 cm³/mol. The molecule has 0 fully saturated rings. The van der Waals surface area contributed by atoms with Crippen LogP contribution in [-0.4, -0.2) is 46.5 Å². The Bertz CT molecular complexity index is 1660. The average Bonchev–Trinajstić information content (AvgIpc) is 3.05. The normalized spacial score (nSPS) is 12.5. The zero-order valence-corrected chi connectivity index (χ0v) is 26.8. The number of benzene rings is 4. The van der Waals surface area contributed by atoms with Gasteiger partial charge in [0.15, 0.2) is 0 Å². The van der Waals surface area contributed by atoms with Gasteiger partial charge in [-0.25, -0.2) is 4.79 Å². The van der Waals surface area contributed by atoms with Crippen LogP contribution >= 0.6 is 0 Å². The number of carbonyl (C=O) groups is 4. The molecule has 0 aliphatic carbocycles. The van der Waals surface area contributed by atoms with Crippen LogP contribution in [0.25, 0.3) is 10.8 Å². The molecule has 4 N–H and O–H groups in total.